The van der Waals surface area contributed by atoms with Gasteiger partial charge in [0.15, 0.2) is 5.78 Å². The summed E-state index contributed by atoms with van der Waals surface area (Å²) in [7, 11) is 0. The Balaban J connectivity index is 2.52. The lowest BCUT2D eigenvalue weighted by atomic mass is 10.1. The fourth-order valence-corrected chi connectivity index (χ4v) is 2.05. The predicted molar refractivity (Wildman–Crippen MR) is 55.3 cm³/mol. The molecule has 0 fully saturated rings. The van der Waals surface area contributed by atoms with Gasteiger partial charge in [0, 0.05) is 19.3 Å². The molecule has 2 aromatic rings. The van der Waals surface area contributed by atoms with Crippen LogP contribution in [0.2, 0.25) is 0 Å². The second-order valence-electron chi connectivity index (χ2n) is 2.82. The molecule has 14 heavy (non-hydrogen) atoms. The summed E-state index contributed by atoms with van der Waals surface area (Å²) in [6.45, 7) is 1.53. The molecule has 0 atom stereocenters. The topological polar surface area (TPSA) is 42.9 Å². The normalized spacial score (nSPS) is 10.1. The van der Waals surface area contributed by atoms with E-state index in [4.69, 9.17) is 0 Å². The van der Waals surface area contributed by atoms with E-state index in [9.17, 15) is 4.79 Å². The largest absolute Gasteiger partial charge is 0.293 e. The molecule has 2 aromatic heterocycles. The number of thiazole rings is 1. The Morgan fingerprint density at radius 1 is 1.36 bits per heavy atom. The number of nitrogens with zero attached hydrogens (tertiary/aromatic N) is 2. The second kappa shape index (κ2) is 3.67. The van der Waals surface area contributed by atoms with Crippen molar-refractivity contribution < 1.29 is 4.79 Å². The van der Waals surface area contributed by atoms with Crippen molar-refractivity contribution in [1.29, 1.82) is 0 Å². The molecule has 0 radical (unpaired) electrons. The van der Waals surface area contributed by atoms with Crippen molar-refractivity contribution in [3.8, 4) is 10.4 Å². The molecule has 0 spiro atoms. The SMILES string of the molecule is CC(=O)c1ncsc1-c1ccncc1. The lowest BCUT2D eigenvalue weighted by molar-refractivity contribution is 0.101. The van der Waals surface area contributed by atoms with E-state index in [2.05, 4.69) is 9.97 Å². The molecule has 0 saturated heterocycles. The number of hydrogen-bond acceptors (Lipinski definition) is 4. The van der Waals surface area contributed by atoms with Crippen LogP contribution in [0.5, 0.6) is 0 Å². The highest BCUT2D eigenvalue weighted by Gasteiger charge is 2.11. The number of carbonyl (C=O) groups excluding carboxylic acids is 1. The predicted octanol–water partition coefficient (Wildman–Crippen LogP) is 2.41. The summed E-state index contributed by atoms with van der Waals surface area (Å²) in [5.74, 6) is -0.00179. The van der Waals surface area contributed by atoms with Crippen LogP contribution in [-0.2, 0) is 0 Å². The van der Waals surface area contributed by atoms with E-state index in [0.717, 1.165) is 10.4 Å². The highest BCUT2D eigenvalue weighted by Crippen LogP contribution is 2.26. The first-order valence-corrected chi connectivity index (χ1v) is 5.02. The van der Waals surface area contributed by atoms with Gasteiger partial charge in [-0.1, -0.05) is 0 Å². The van der Waals surface area contributed by atoms with Crippen molar-refractivity contribution >= 4 is 17.1 Å². The van der Waals surface area contributed by atoms with Gasteiger partial charge in [0.1, 0.15) is 5.69 Å². The van der Waals surface area contributed by atoms with Crippen molar-refractivity contribution in [2.24, 2.45) is 0 Å². The number of Topliss-reactive ketones (excluding diaryl/α,β-unsaturated/α-hetero) is 1. The smallest absolute Gasteiger partial charge is 0.179 e. The van der Waals surface area contributed by atoms with Gasteiger partial charge in [-0.3, -0.25) is 9.78 Å². The van der Waals surface area contributed by atoms with Crippen molar-refractivity contribution in [1.82, 2.24) is 9.97 Å². The molecule has 0 unspecified atom stereocenters. The molecule has 0 aliphatic rings. The van der Waals surface area contributed by atoms with Gasteiger partial charge in [-0.15, -0.1) is 11.3 Å². The quantitative estimate of drug-likeness (QED) is 0.705. The summed E-state index contributed by atoms with van der Waals surface area (Å²) >= 11 is 1.47. The molecule has 0 aliphatic carbocycles. The second-order valence-corrected chi connectivity index (χ2v) is 3.68. The van der Waals surface area contributed by atoms with Crippen molar-refractivity contribution in [3.05, 3.63) is 35.7 Å². The Morgan fingerprint density at radius 2 is 2.07 bits per heavy atom. The summed E-state index contributed by atoms with van der Waals surface area (Å²) < 4.78 is 0. The fourth-order valence-electron chi connectivity index (χ4n) is 1.21. The summed E-state index contributed by atoms with van der Waals surface area (Å²) in [5.41, 5.74) is 3.22. The van der Waals surface area contributed by atoms with E-state index in [0.29, 0.717) is 5.69 Å². The van der Waals surface area contributed by atoms with Crippen LogP contribution >= 0.6 is 11.3 Å². The van der Waals surface area contributed by atoms with Crippen LogP contribution in [-0.4, -0.2) is 15.8 Å². The maximum absolute atomic E-state index is 11.2. The summed E-state index contributed by atoms with van der Waals surface area (Å²) in [6, 6.07) is 3.75. The lowest BCUT2D eigenvalue weighted by Gasteiger charge is -1.97. The van der Waals surface area contributed by atoms with Crippen LogP contribution in [0, 0.1) is 0 Å². The first-order valence-electron chi connectivity index (χ1n) is 4.14. The third-order valence-corrected chi connectivity index (χ3v) is 2.72. The maximum Gasteiger partial charge on any atom is 0.179 e. The van der Waals surface area contributed by atoms with Crippen molar-refractivity contribution in [3.63, 3.8) is 0 Å². The van der Waals surface area contributed by atoms with Gasteiger partial charge in [-0.25, -0.2) is 4.98 Å². The van der Waals surface area contributed by atoms with Gasteiger partial charge in [0.2, 0.25) is 0 Å². The van der Waals surface area contributed by atoms with Crippen LogP contribution in [0.1, 0.15) is 17.4 Å². The Morgan fingerprint density at radius 3 is 2.71 bits per heavy atom. The molecule has 0 saturated carbocycles. The molecular weight excluding hydrogens is 196 g/mol. The van der Waals surface area contributed by atoms with Crippen molar-refractivity contribution in [2.45, 2.75) is 6.92 Å². The van der Waals surface area contributed by atoms with Gasteiger partial charge in [0.05, 0.1) is 10.4 Å². The molecule has 2 heterocycles. The van der Waals surface area contributed by atoms with E-state index in [1.165, 1.54) is 18.3 Å². The minimum Gasteiger partial charge on any atom is -0.293 e. The minimum atomic E-state index is -0.00179. The zero-order chi connectivity index (χ0) is 9.97. The third-order valence-electron chi connectivity index (χ3n) is 1.84. The van der Waals surface area contributed by atoms with E-state index in [-0.39, 0.29) is 5.78 Å². The molecule has 3 nitrogen and oxygen atoms in total. The average molecular weight is 204 g/mol. The number of aromatic nitrogens is 2. The van der Waals surface area contributed by atoms with Gasteiger partial charge < -0.3 is 0 Å². The highest BCUT2D eigenvalue weighted by molar-refractivity contribution is 7.13. The molecule has 70 valence electrons. The van der Waals surface area contributed by atoms with Crippen molar-refractivity contribution in [2.75, 3.05) is 0 Å². The van der Waals surface area contributed by atoms with Crippen LogP contribution in [0.4, 0.5) is 0 Å². The fraction of sp³-hybridized carbons (Fsp3) is 0.100. The Labute approximate surface area is 85.5 Å². The van der Waals surface area contributed by atoms with Gasteiger partial charge in [-0.2, -0.15) is 0 Å². The van der Waals surface area contributed by atoms with Crippen LogP contribution in [0.3, 0.4) is 0 Å². The van der Waals surface area contributed by atoms with E-state index < -0.39 is 0 Å². The standard InChI is InChI=1S/C10H8N2OS/c1-7(13)9-10(14-6-12-9)8-2-4-11-5-3-8/h2-6H,1H3. The number of rotatable bonds is 2. The monoisotopic (exact) mass is 204 g/mol. The van der Waals surface area contributed by atoms with E-state index in [1.54, 1.807) is 17.9 Å². The summed E-state index contributed by atoms with van der Waals surface area (Å²) in [5, 5.41) is 0. The molecular formula is C10H8N2OS. The molecule has 2 rings (SSSR count). The van der Waals surface area contributed by atoms with E-state index in [1.807, 2.05) is 12.1 Å². The Bertz CT molecular complexity index is 450. The van der Waals surface area contributed by atoms with Gasteiger partial charge in [0.25, 0.3) is 0 Å². The van der Waals surface area contributed by atoms with Crippen LogP contribution < -0.4 is 0 Å². The maximum atomic E-state index is 11.2. The summed E-state index contributed by atoms with van der Waals surface area (Å²) in [4.78, 5) is 20.1. The Hall–Kier alpha value is -1.55. The first kappa shape index (κ1) is 9.02. The lowest BCUT2D eigenvalue weighted by Crippen LogP contribution is -1.94. The molecule has 0 aliphatic heterocycles. The van der Waals surface area contributed by atoms with Crippen LogP contribution in [0.25, 0.3) is 10.4 Å². The molecule has 4 heteroatoms. The number of hydrogen-bond donors (Lipinski definition) is 0. The molecule has 0 amide bonds. The van der Waals surface area contributed by atoms with E-state index >= 15 is 0 Å². The Kier molecular flexibility index (Phi) is 2.37. The number of carbonyl (C=O) groups is 1. The third kappa shape index (κ3) is 1.56. The number of ketones is 1. The highest BCUT2D eigenvalue weighted by atomic mass is 32.1. The van der Waals surface area contributed by atoms with Gasteiger partial charge in [-0.05, 0) is 17.7 Å². The summed E-state index contributed by atoms with van der Waals surface area (Å²) in [6.07, 6.45) is 3.41. The molecule has 0 N–H and O–H groups in total. The molecule has 0 aromatic carbocycles. The first-order chi connectivity index (χ1) is 6.79. The zero-order valence-electron chi connectivity index (χ0n) is 7.60. The number of pyridine rings is 1. The van der Waals surface area contributed by atoms with Gasteiger partial charge >= 0.3 is 0 Å². The van der Waals surface area contributed by atoms with Crippen LogP contribution in [0.15, 0.2) is 30.0 Å². The zero-order valence-corrected chi connectivity index (χ0v) is 8.41. The molecule has 0 bridgehead atoms. The average Bonchev–Trinajstić information content (AvgIpc) is 2.67. The minimum absolute atomic E-state index is 0.00179.